The molecule has 3 N–H and O–H groups in total. The normalized spacial score (nSPS) is 12.1. The number of methoxy groups -OCH3 is 3. The Morgan fingerprint density at radius 1 is 1.03 bits per heavy atom. The van der Waals surface area contributed by atoms with Crippen LogP contribution in [-0.4, -0.2) is 45.5 Å². The van der Waals surface area contributed by atoms with E-state index < -0.39 is 6.10 Å². The van der Waals surface area contributed by atoms with E-state index in [4.69, 9.17) is 14.2 Å². The molecule has 174 valence electrons. The quantitative estimate of drug-likeness (QED) is 0.202. The number of hydrogen-bond donors (Lipinski definition) is 3. The summed E-state index contributed by atoms with van der Waals surface area (Å²) in [4.78, 5) is 5.56. The van der Waals surface area contributed by atoms with Crippen molar-refractivity contribution in [1.29, 1.82) is 0 Å². The number of aliphatic imine (C=N–C) groups is 1. The fraction of sp³-hybridized carbons (Fsp3) is 0.348. The fourth-order valence-corrected chi connectivity index (χ4v) is 4.25. The highest BCUT2D eigenvalue weighted by Gasteiger charge is 2.14. The lowest BCUT2D eigenvalue weighted by Crippen LogP contribution is -2.39. The molecule has 0 aliphatic carbocycles. The molecule has 0 radical (unpaired) electrons. The minimum Gasteiger partial charge on any atom is -0.493 e. The van der Waals surface area contributed by atoms with Crippen LogP contribution >= 0.6 is 35.3 Å². The number of guanidine groups is 1. The average Bonchev–Trinajstić information content (AvgIpc) is 3.24. The van der Waals surface area contributed by atoms with Crippen molar-refractivity contribution in [3.63, 3.8) is 0 Å². The zero-order valence-electron chi connectivity index (χ0n) is 18.7. The molecule has 9 heteroatoms. The third-order valence-electron chi connectivity index (χ3n) is 4.72. The van der Waals surface area contributed by atoms with Gasteiger partial charge in [-0.3, -0.25) is 0 Å². The van der Waals surface area contributed by atoms with Gasteiger partial charge < -0.3 is 30.0 Å². The van der Waals surface area contributed by atoms with Gasteiger partial charge in [-0.05, 0) is 42.1 Å². The van der Waals surface area contributed by atoms with Gasteiger partial charge in [0.15, 0.2) is 17.5 Å². The van der Waals surface area contributed by atoms with Crippen LogP contribution in [0.15, 0.2) is 47.5 Å². The van der Waals surface area contributed by atoms with Crippen LogP contribution < -0.4 is 24.8 Å². The summed E-state index contributed by atoms with van der Waals surface area (Å²) in [5.74, 6) is 2.35. The van der Waals surface area contributed by atoms with Crippen LogP contribution in [0.2, 0.25) is 0 Å². The first-order valence-electron chi connectivity index (χ1n) is 10.1. The number of nitrogens with zero attached hydrogens (tertiary/aromatic N) is 1. The summed E-state index contributed by atoms with van der Waals surface area (Å²) in [5.41, 5.74) is 0.914. The van der Waals surface area contributed by atoms with Gasteiger partial charge in [-0.1, -0.05) is 18.2 Å². The molecule has 1 aromatic heterocycles. The molecule has 7 nitrogen and oxygen atoms in total. The minimum atomic E-state index is -0.623. The molecule has 3 aromatic rings. The lowest BCUT2D eigenvalue weighted by molar-refractivity contribution is 0.184. The van der Waals surface area contributed by atoms with Gasteiger partial charge in [0, 0.05) is 22.7 Å². The molecule has 0 saturated carbocycles. The topological polar surface area (TPSA) is 84.3 Å². The van der Waals surface area contributed by atoms with Gasteiger partial charge in [-0.25, -0.2) is 4.99 Å². The molecule has 0 bridgehead atoms. The van der Waals surface area contributed by atoms with Crippen molar-refractivity contribution in [2.45, 2.75) is 19.6 Å². The maximum atomic E-state index is 10.6. The van der Waals surface area contributed by atoms with E-state index in [0.717, 1.165) is 15.8 Å². The number of aliphatic hydroxyl groups excluding tert-OH is 1. The van der Waals surface area contributed by atoms with Crippen molar-refractivity contribution < 1.29 is 19.3 Å². The number of thiophene rings is 1. The van der Waals surface area contributed by atoms with Crippen molar-refractivity contribution in [1.82, 2.24) is 10.6 Å². The number of nitrogens with one attached hydrogen (secondary N) is 2. The molecule has 1 unspecified atom stereocenters. The molecule has 1 atom stereocenters. The van der Waals surface area contributed by atoms with E-state index in [1.807, 2.05) is 37.3 Å². The number of halogens is 1. The molecule has 0 fully saturated rings. The molecule has 2 aromatic carbocycles. The van der Waals surface area contributed by atoms with Crippen molar-refractivity contribution in [2.75, 3.05) is 34.4 Å². The van der Waals surface area contributed by atoms with E-state index in [2.05, 4.69) is 27.8 Å². The molecule has 3 rings (SSSR count). The number of fused-ring (bicyclic) bond motifs is 1. The third kappa shape index (κ3) is 6.39. The zero-order valence-corrected chi connectivity index (χ0v) is 21.8. The Morgan fingerprint density at radius 2 is 1.72 bits per heavy atom. The van der Waals surface area contributed by atoms with Crippen LogP contribution in [0, 0.1) is 0 Å². The van der Waals surface area contributed by atoms with Crippen LogP contribution in [0.4, 0.5) is 0 Å². The molecular formula is C23H30IN3O4S. The molecule has 0 spiro atoms. The van der Waals surface area contributed by atoms with Crippen molar-refractivity contribution in [2.24, 2.45) is 4.99 Å². The Bertz CT molecular complexity index is 983. The van der Waals surface area contributed by atoms with Crippen molar-refractivity contribution >= 4 is 51.4 Å². The molecule has 0 saturated heterocycles. The monoisotopic (exact) mass is 571 g/mol. The van der Waals surface area contributed by atoms with E-state index in [0.29, 0.717) is 42.8 Å². The number of hydrogen-bond acceptors (Lipinski definition) is 6. The van der Waals surface area contributed by atoms with E-state index in [-0.39, 0.29) is 24.0 Å². The van der Waals surface area contributed by atoms with Crippen LogP contribution in [0.25, 0.3) is 10.1 Å². The Hall–Kier alpha value is -2.24. The summed E-state index contributed by atoms with van der Waals surface area (Å²) in [7, 11) is 4.75. The maximum absolute atomic E-state index is 10.6. The van der Waals surface area contributed by atoms with Crippen LogP contribution in [0.1, 0.15) is 23.5 Å². The van der Waals surface area contributed by atoms with Gasteiger partial charge >= 0.3 is 0 Å². The van der Waals surface area contributed by atoms with Gasteiger partial charge in [0.1, 0.15) is 6.10 Å². The van der Waals surface area contributed by atoms with E-state index in [1.165, 1.54) is 4.70 Å². The largest absolute Gasteiger partial charge is 0.493 e. The predicted molar refractivity (Wildman–Crippen MR) is 141 cm³/mol. The Labute approximate surface area is 209 Å². The van der Waals surface area contributed by atoms with Crippen molar-refractivity contribution in [3.05, 3.63) is 52.9 Å². The predicted octanol–water partition coefficient (Wildman–Crippen LogP) is 4.33. The second-order valence-electron chi connectivity index (χ2n) is 6.81. The Balaban J connectivity index is 0.00000363. The second-order valence-corrected chi connectivity index (χ2v) is 7.93. The highest BCUT2D eigenvalue weighted by atomic mass is 127. The first kappa shape index (κ1) is 26.0. The number of ether oxygens (including phenoxy) is 3. The van der Waals surface area contributed by atoms with Gasteiger partial charge in [-0.2, -0.15) is 0 Å². The van der Waals surface area contributed by atoms with Crippen LogP contribution in [0.3, 0.4) is 0 Å². The smallest absolute Gasteiger partial charge is 0.203 e. The Morgan fingerprint density at radius 3 is 2.31 bits per heavy atom. The molecular weight excluding hydrogens is 541 g/mol. The summed E-state index contributed by atoms with van der Waals surface area (Å²) in [6.07, 6.45) is -0.623. The Kier molecular flexibility index (Phi) is 10.3. The summed E-state index contributed by atoms with van der Waals surface area (Å²) in [6, 6.07) is 13.9. The first-order valence-corrected chi connectivity index (χ1v) is 10.9. The standard InChI is InChI=1S/C23H29N3O4S.HI/c1-5-24-23(25-13-15-10-18(28-2)22(30-4)19(11-15)29-3)26-14-17(27)21-12-16-8-6-7-9-20(16)31-21;/h6-12,17,27H,5,13-14H2,1-4H3,(H2,24,25,26);1H. The molecule has 0 amide bonds. The average molecular weight is 571 g/mol. The van der Waals surface area contributed by atoms with Crippen molar-refractivity contribution in [3.8, 4) is 17.2 Å². The van der Waals surface area contributed by atoms with Gasteiger partial charge in [-0.15, -0.1) is 35.3 Å². The summed E-state index contributed by atoms with van der Waals surface area (Å²) in [6.45, 7) is 3.47. The molecule has 0 aliphatic heterocycles. The van der Waals surface area contributed by atoms with E-state index in [1.54, 1.807) is 32.7 Å². The van der Waals surface area contributed by atoms with E-state index in [9.17, 15) is 5.11 Å². The van der Waals surface area contributed by atoms with Gasteiger partial charge in [0.05, 0.1) is 27.9 Å². The van der Waals surface area contributed by atoms with E-state index >= 15 is 0 Å². The highest BCUT2D eigenvalue weighted by molar-refractivity contribution is 14.0. The SMILES string of the molecule is CCNC(=NCc1cc(OC)c(OC)c(OC)c1)NCC(O)c1cc2ccccc2s1.I. The highest BCUT2D eigenvalue weighted by Crippen LogP contribution is 2.38. The fourth-order valence-electron chi connectivity index (χ4n) is 3.20. The number of rotatable bonds is 9. The lowest BCUT2D eigenvalue weighted by Gasteiger charge is -2.15. The maximum Gasteiger partial charge on any atom is 0.203 e. The molecule has 0 aliphatic rings. The second kappa shape index (κ2) is 12.7. The number of aliphatic hydroxyl groups is 1. The van der Waals surface area contributed by atoms with Crippen LogP contribution in [-0.2, 0) is 6.54 Å². The van der Waals surface area contributed by atoms with Crippen LogP contribution in [0.5, 0.6) is 17.2 Å². The zero-order chi connectivity index (χ0) is 22.2. The summed E-state index contributed by atoms with van der Waals surface area (Å²) in [5, 5.41) is 18.2. The lowest BCUT2D eigenvalue weighted by atomic mass is 10.2. The summed E-state index contributed by atoms with van der Waals surface area (Å²) < 4.78 is 17.4. The first-order chi connectivity index (χ1) is 15.1. The third-order valence-corrected chi connectivity index (χ3v) is 5.94. The summed E-state index contributed by atoms with van der Waals surface area (Å²) >= 11 is 1.60. The van der Waals surface area contributed by atoms with Gasteiger partial charge in [0.2, 0.25) is 5.75 Å². The molecule has 32 heavy (non-hydrogen) atoms. The molecule has 1 heterocycles. The van der Waals surface area contributed by atoms with Gasteiger partial charge in [0.25, 0.3) is 0 Å². The minimum absolute atomic E-state index is 0. The number of benzene rings is 2.